The lowest BCUT2D eigenvalue weighted by molar-refractivity contribution is -0.146. The molecule has 0 amide bonds. The number of hydrogen-bond donors (Lipinski definition) is 1. The van der Waals surface area contributed by atoms with Crippen LogP contribution in [0.4, 0.5) is 0 Å². The van der Waals surface area contributed by atoms with Crippen LogP contribution < -0.4 is 0 Å². The molecule has 0 aliphatic heterocycles. The van der Waals surface area contributed by atoms with E-state index in [0.717, 1.165) is 23.0 Å². The van der Waals surface area contributed by atoms with E-state index < -0.39 is 0 Å². The largest absolute Gasteiger partial charge is 0.457 e. The third-order valence-electron chi connectivity index (χ3n) is 4.04. The Kier molecular flexibility index (Phi) is 2.96. The van der Waals surface area contributed by atoms with Crippen LogP contribution in [0.25, 0.3) is 11.0 Å². The summed E-state index contributed by atoms with van der Waals surface area (Å²) in [5.74, 6) is 0.716. The van der Waals surface area contributed by atoms with Gasteiger partial charge in [0.1, 0.15) is 12.4 Å². The van der Waals surface area contributed by atoms with Gasteiger partial charge < -0.3 is 9.72 Å². The first kappa shape index (κ1) is 13.1. The SMILES string of the molecule is Cn1cc([C@@H]2C[C@@H]2C(=O)OCc2nc3ccccc3[nH]2)cn1. The molecule has 22 heavy (non-hydrogen) atoms. The first-order valence-corrected chi connectivity index (χ1v) is 7.29. The molecule has 1 fully saturated rings. The van der Waals surface area contributed by atoms with E-state index in [1.165, 1.54) is 0 Å². The zero-order valence-electron chi connectivity index (χ0n) is 12.2. The number of benzene rings is 1. The number of carbonyl (C=O) groups is 1. The van der Waals surface area contributed by atoms with Gasteiger partial charge >= 0.3 is 5.97 Å². The maximum absolute atomic E-state index is 12.1. The minimum Gasteiger partial charge on any atom is -0.457 e. The zero-order chi connectivity index (χ0) is 15.1. The lowest BCUT2D eigenvalue weighted by atomic mass is 10.2. The Morgan fingerprint density at radius 3 is 3.09 bits per heavy atom. The molecule has 0 saturated heterocycles. The van der Waals surface area contributed by atoms with Crippen LogP contribution in [-0.2, 0) is 23.2 Å². The summed E-state index contributed by atoms with van der Waals surface area (Å²) < 4.78 is 7.13. The standard InChI is InChI=1S/C16H16N4O2/c1-20-8-10(7-17-20)11-6-12(11)16(21)22-9-15-18-13-4-2-3-5-14(13)19-15/h2-5,7-8,11-12H,6,9H2,1H3,(H,18,19)/t11-,12-/m0/s1. The minimum absolute atomic E-state index is 0.0476. The van der Waals surface area contributed by atoms with Crippen molar-refractivity contribution in [3.63, 3.8) is 0 Å². The number of H-pyrrole nitrogens is 1. The van der Waals surface area contributed by atoms with Gasteiger partial charge in [-0.1, -0.05) is 12.1 Å². The molecular formula is C16H16N4O2. The van der Waals surface area contributed by atoms with E-state index >= 15 is 0 Å². The van der Waals surface area contributed by atoms with Crippen LogP contribution in [0, 0.1) is 5.92 Å². The van der Waals surface area contributed by atoms with Crippen LogP contribution in [0.3, 0.4) is 0 Å². The Bertz CT molecular complexity index is 802. The van der Waals surface area contributed by atoms with Gasteiger partial charge in [-0.15, -0.1) is 0 Å². The fraction of sp³-hybridized carbons (Fsp3) is 0.312. The van der Waals surface area contributed by atoms with Gasteiger partial charge in [-0.25, -0.2) is 4.98 Å². The lowest BCUT2D eigenvalue weighted by Crippen LogP contribution is -2.08. The molecule has 0 unspecified atom stereocenters. The van der Waals surface area contributed by atoms with E-state index in [0.29, 0.717) is 5.82 Å². The van der Waals surface area contributed by atoms with E-state index in [9.17, 15) is 4.79 Å². The number of aryl methyl sites for hydroxylation is 1. The van der Waals surface area contributed by atoms with E-state index in [1.54, 1.807) is 4.68 Å². The Labute approximate surface area is 127 Å². The Hall–Kier alpha value is -2.63. The number of nitrogens with zero attached hydrogens (tertiary/aromatic N) is 3. The molecule has 1 aliphatic rings. The van der Waals surface area contributed by atoms with Crippen molar-refractivity contribution in [1.82, 2.24) is 19.7 Å². The van der Waals surface area contributed by atoms with Crippen molar-refractivity contribution in [1.29, 1.82) is 0 Å². The van der Waals surface area contributed by atoms with Crippen LogP contribution in [0.15, 0.2) is 36.7 Å². The maximum Gasteiger partial charge on any atom is 0.310 e. The van der Waals surface area contributed by atoms with E-state index in [-0.39, 0.29) is 24.4 Å². The first-order valence-electron chi connectivity index (χ1n) is 7.29. The van der Waals surface area contributed by atoms with Crippen molar-refractivity contribution in [3.05, 3.63) is 48.0 Å². The number of esters is 1. The summed E-state index contributed by atoms with van der Waals surface area (Å²) in [6.45, 7) is 0.184. The molecule has 0 spiro atoms. The van der Waals surface area contributed by atoms with E-state index in [4.69, 9.17) is 4.74 Å². The molecule has 112 valence electrons. The first-order chi connectivity index (χ1) is 10.7. The third kappa shape index (κ3) is 2.36. The molecule has 0 radical (unpaired) electrons. The fourth-order valence-corrected chi connectivity index (χ4v) is 2.78. The molecule has 1 N–H and O–H groups in total. The number of imidazole rings is 1. The molecule has 1 saturated carbocycles. The summed E-state index contributed by atoms with van der Waals surface area (Å²) in [6.07, 6.45) is 4.61. The highest BCUT2D eigenvalue weighted by Crippen LogP contribution is 2.48. The number of hydrogen-bond acceptors (Lipinski definition) is 4. The monoisotopic (exact) mass is 296 g/mol. The molecule has 6 heteroatoms. The topological polar surface area (TPSA) is 72.8 Å². The molecular weight excluding hydrogens is 280 g/mol. The van der Waals surface area contributed by atoms with E-state index in [1.807, 2.05) is 43.7 Å². The van der Waals surface area contributed by atoms with Gasteiger partial charge in [-0.3, -0.25) is 9.48 Å². The average molecular weight is 296 g/mol. The average Bonchev–Trinajstić information content (AvgIpc) is 3.02. The predicted octanol–water partition coefficient (Wildman–Crippen LogP) is 2.14. The predicted molar refractivity (Wildman–Crippen MR) is 79.9 cm³/mol. The molecule has 2 aromatic heterocycles. The molecule has 4 rings (SSSR count). The molecule has 2 atom stereocenters. The fourth-order valence-electron chi connectivity index (χ4n) is 2.78. The van der Waals surface area contributed by atoms with Crippen molar-refractivity contribution in [2.45, 2.75) is 18.9 Å². The minimum atomic E-state index is -0.158. The van der Waals surface area contributed by atoms with Crippen molar-refractivity contribution in [2.24, 2.45) is 13.0 Å². The second kappa shape index (κ2) is 4.98. The molecule has 0 bridgehead atoms. The Morgan fingerprint density at radius 2 is 2.32 bits per heavy atom. The number of aromatic amines is 1. The number of rotatable bonds is 4. The highest BCUT2D eigenvalue weighted by molar-refractivity contribution is 5.77. The zero-order valence-corrected chi connectivity index (χ0v) is 12.2. The third-order valence-corrected chi connectivity index (χ3v) is 4.04. The van der Waals surface area contributed by atoms with Gasteiger partial charge in [-0.2, -0.15) is 5.10 Å². The molecule has 6 nitrogen and oxygen atoms in total. The normalized spacial score (nSPS) is 20.2. The van der Waals surface area contributed by atoms with Crippen molar-refractivity contribution in [2.75, 3.05) is 0 Å². The highest BCUT2D eigenvalue weighted by Gasteiger charge is 2.45. The summed E-state index contributed by atoms with van der Waals surface area (Å²) in [4.78, 5) is 19.6. The summed E-state index contributed by atoms with van der Waals surface area (Å²) in [7, 11) is 1.88. The van der Waals surface area contributed by atoms with Gasteiger partial charge in [0.2, 0.25) is 0 Å². The van der Waals surface area contributed by atoms with Crippen LogP contribution in [0.2, 0.25) is 0 Å². The number of fused-ring (bicyclic) bond motifs is 1. The number of nitrogens with one attached hydrogen (secondary N) is 1. The second-order valence-electron chi connectivity index (χ2n) is 5.70. The highest BCUT2D eigenvalue weighted by atomic mass is 16.5. The summed E-state index contributed by atoms with van der Waals surface area (Å²) in [6, 6.07) is 7.75. The van der Waals surface area contributed by atoms with Crippen LogP contribution in [0.1, 0.15) is 23.7 Å². The Balaban J connectivity index is 1.37. The summed E-state index contributed by atoms with van der Waals surface area (Å²) in [5, 5.41) is 4.14. The van der Waals surface area contributed by atoms with Gasteiger partial charge in [0.05, 0.1) is 23.1 Å². The molecule has 1 aliphatic carbocycles. The van der Waals surface area contributed by atoms with Crippen molar-refractivity contribution < 1.29 is 9.53 Å². The van der Waals surface area contributed by atoms with Crippen molar-refractivity contribution in [3.8, 4) is 0 Å². The summed E-state index contributed by atoms with van der Waals surface area (Å²) in [5.41, 5.74) is 2.94. The molecule has 2 heterocycles. The summed E-state index contributed by atoms with van der Waals surface area (Å²) >= 11 is 0. The van der Waals surface area contributed by atoms with Crippen LogP contribution in [-0.4, -0.2) is 25.7 Å². The second-order valence-corrected chi connectivity index (χ2v) is 5.70. The van der Waals surface area contributed by atoms with Crippen LogP contribution in [0.5, 0.6) is 0 Å². The molecule has 3 aromatic rings. The molecule has 1 aromatic carbocycles. The van der Waals surface area contributed by atoms with Crippen molar-refractivity contribution >= 4 is 17.0 Å². The van der Waals surface area contributed by atoms with Gasteiger partial charge in [0.25, 0.3) is 0 Å². The van der Waals surface area contributed by atoms with E-state index in [2.05, 4.69) is 15.1 Å². The lowest BCUT2D eigenvalue weighted by Gasteiger charge is -2.01. The number of aromatic nitrogens is 4. The van der Waals surface area contributed by atoms with Gasteiger partial charge in [-0.05, 0) is 24.1 Å². The van der Waals surface area contributed by atoms with Gasteiger partial charge in [0.15, 0.2) is 0 Å². The number of ether oxygens (including phenoxy) is 1. The number of para-hydroxylation sites is 2. The maximum atomic E-state index is 12.1. The smallest absolute Gasteiger partial charge is 0.310 e. The quantitative estimate of drug-likeness (QED) is 0.749. The Morgan fingerprint density at radius 1 is 1.45 bits per heavy atom. The van der Waals surface area contributed by atoms with Crippen LogP contribution >= 0.6 is 0 Å². The number of carbonyl (C=O) groups excluding carboxylic acids is 1. The van der Waals surface area contributed by atoms with Gasteiger partial charge in [0, 0.05) is 19.2 Å².